The van der Waals surface area contributed by atoms with Gasteiger partial charge in [0.2, 0.25) is 0 Å². The lowest BCUT2D eigenvalue weighted by Crippen LogP contribution is -2.34. The summed E-state index contributed by atoms with van der Waals surface area (Å²) in [6, 6.07) is 0.408. The van der Waals surface area contributed by atoms with Crippen LogP contribution in [0.2, 0.25) is 5.02 Å². The summed E-state index contributed by atoms with van der Waals surface area (Å²) in [5.74, 6) is 0.391. The SMILES string of the molecule is CCc1nn(C)c(CNC2CCCC2CO)c1Cl. The van der Waals surface area contributed by atoms with E-state index in [1.165, 1.54) is 6.42 Å². The molecule has 1 fully saturated rings. The monoisotopic (exact) mass is 271 g/mol. The van der Waals surface area contributed by atoms with Crippen LogP contribution in [0.3, 0.4) is 0 Å². The van der Waals surface area contributed by atoms with Gasteiger partial charge in [0.05, 0.1) is 16.4 Å². The summed E-state index contributed by atoms with van der Waals surface area (Å²) in [6.07, 6.45) is 4.31. The van der Waals surface area contributed by atoms with Gasteiger partial charge in [0.25, 0.3) is 0 Å². The van der Waals surface area contributed by atoms with Gasteiger partial charge >= 0.3 is 0 Å². The molecule has 1 aromatic rings. The molecule has 1 aromatic heterocycles. The Morgan fingerprint density at radius 3 is 2.89 bits per heavy atom. The minimum Gasteiger partial charge on any atom is -0.396 e. The molecule has 5 heteroatoms. The average molecular weight is 272 g/mol. The molecule has 102 valence electrons. The van der Waals surface area contributed by atoms with Crippen LogP contribution in [0.15, 0.2) is 0 Å². The van der Waals surface area contributed by atoms with Crippen LogP contribution in [0.1, 0.15) is 37.6 Å². The van der Waals surface area contributed by atoms with E-state index in [0.717, 1.165) is 42.2 Å². The Morgan fingerprint density at radius 1 is 1.50 bits per heavy atom. The van der Waals surface area contributed by atoms with Crippen molar-refractivity contribution in [2.45, 2.75) is 45.2 Å². The lowest BCUT2D eigenvalue weighted by molar-refractivity contribution is 0.204. The molecule has 0 amide bonds. The third-order valence-electron chi connectivity index (χ3n) is 3.93. The average Bonchev–Trinajstić information content (AvgIpc) is 2.92. The number of aryl methyl sites for hydroxylation is 2. The van der Waals surface area contributed by atoms with E-state index in [4.69, 9.17) is 11.6 Å². The number of hydrogen-bond donors (Lipinski definition) is 2. The number of nitrogens with one attached hydrogen (secondary N) is 1. The minimum atomic E-state index is 0.275. The fourth-order valence-electron chi connectivity index (χ4n) is 2.76. The predicted octanol–water partition coefficient (Wildman–Crippen LogP) is 1.89. The van der Waals surface area contributed by atoms with Crippen LogP contribution in [0.4, 0.5) is 0 Å². The van der Waals surface area contributed by atoms with E-state index < -0.39 is 0 Å². The second kappa shape index (κ2) is 6.04. The lowest BCUT2D eigenvalue weighted by Gasteiger charge is -2.19. The van der Waals surface area contributed by atoms with Gasteiger partial charge in [0, 0.05) is 26.2 Å². The van der Waals surface area contributed by atoms with Crippen molar-refractivity contribution < 1.29 is 5.11 Å². The Hall–Kier alpha value is -0.580. The molecule has 0 radical (unpaired) electrons. The Kier molecular flexibility index (Phi) is 4.65. The Balaban J connectivity index is 1.99. The van der Waals surface area contributed by atoms with Gasteiger partial charge in [-0.05, 0) is 25.2 Å². The molecule has 0 saturated heterocycles. The molecule has 0 aromatic carbocycles. The number of aliphatic hydroxyl groups excluding tert-OH is 1. The summed E-state index contributed by atoms with van der Waals surface area (Å²) in [7, 11) is 1.93. The van der Waals surface area contributed by atoms with E-state index in [-0.39, 0.29) is 6.61 Å². The Morgan fingerprint density at radius 2 is 2.28 bits per heavy atom. The van der Waals surface area contributed by atoms with Crippen LogP contribution in [0.5, 0.6) is 0 Å². The molecule has 18 heavy (non-hydrogen) atoms. The van der Waals surface area contributed by atoms with Crippen LogP contribution >= 0.6 is 11.6 Å². The van der Waals surface area contributed by atoms with Gasteiger partial charge in [0.15, 0.2) is 0 Å². The highest BCUT2D eigenvalue weighted by Crippen LogP contribution is 2.26. The van der Waals surface area contributed by atoms with Crippen LogP contribution < -0.4 is 5.32 Å². The zero-order valence-electron chi connectivity index (χ0n) is 11.1. The van der Waals surface area contributed by atoms with Crippen LogP contribution in [0, 0.1) is 5.92 Å². The van der Waals surface area contributed by atoms with Crippen molar-refractivity contribution in [3.05, 3.63) is 16.4 Å². The molecule has 0 aliphatic heterocycles. The van der Waals surface area contributed by atoms with Crippen LogP contribution in [-0.4, -0.2) is 27.5 Å². The number of hydrogen-bond acceptors (Lipinski definition) is 3. The molecule has 4 nitrogen and oxygen atoms in total. The van der Waals surface area contributed by atoms with Crippen molar-refractivity contribution in [2.24, 2.45) is 13.0 Å². The molecular formula is C13H22ClN3O. The fraction of sp³-hybridized carbons (Fsp3) is 0.769. The standard InChI is InChI=1S/C13H22ClN3O/c1-3-10-13(14)12(17(2)16-10)7-15-11-6-4-5-9(11)8-18/h9,11,15,18H,3-8H2,1-2H3. The Bertz CT molecular complexity index is 405. The summed E-state index contributed by atoms with van der Waals surface area (Å²) in [5.41, 5.74) is 2.00. The first-order chi connectivity index (χ1) is 8.67. The molecule has 1 aliphatic rings. The van der Waals surface area contributed by atoms with Gasteiger partial charge in [-0.2, -0.15) is 5.10 Å². The van der Waals surface area contributed by atoms with Crippen LogP contribution in [0.25, 0.3) is 0 Å². The first kappa shape index (κ1) is 13.8. The quantitative estimate of drug-likeness (QED) is 0.860. The van der Waals surface area contributed by atoms with E-state index in [1.807, 2.05) is 11.7 Å². The second-order valence-corrected chi connectivity index (χ2v) is 5.42. The molecule has 1 saturated carbocycles. The zero-order valence-corrected chi connectivity index (χ0v) is 11.9. The highest BCUT2D eigenvalue weighted by molar-refractivity contribution is 6.31. The van der Waals surface area contributed by atoms with Crippen molar-refractivity contribution in [2.75, 3.05) is 6.61 Å². The van der Waals surface area contributed by atoms with Gasteiger partial charge < -0.3 is 10.4 Å². The maximum Gasteiger partial charge on any atom is 0.0863 e. The molecule has 2 atom stereocenters. The van der Waals surface area contributed by atoms with Gasteiger partial charge in [-0.3, -0.25) is 4.68 Å². The molecule has 2 unspecified atom stereocenters. The molecule has 1 aliphatic carbocycles. The first-order valence-corrected chi connectivity index (χ1v) is 7.09. The summed E-state index contributed by atoms with van der Waals surface area (Å²) in [4.78, 5) is 0. The largest absolute Gasteiger partial charge is 0.396 e. The van der Waals surface area contributed by atoms with Crippen molar-refractivity contribution in [1.29, 1.82) is 0 Å². The predicted molar refractivity (Wildman–Crippen MR) is 72.7 cm³/mol. The molecular weight excluding hydrogens is 250 g/mol. The summed E-state index contributed by atoms with van der Waals surface area (Å²) in [5, 5.41) is 18.0. The summed E-state index contributed by atoms with van der Waals surface area (Å²) in [6.45, 7) is 3.06. The van der Waals surface area contributed by atoms with E-state index >= 15 is 0 Å². The van der Waals surface area contributed by atoms with Crippen molar-refractivity contribution in [3.63, 3.8) is 0 Å². The first-order valence-electron chi connectivity index (χ1n) is 6.71. The Labute approximate surface area is 113 Å². The van der Waals surface area contributed by atoms with Gasteiger partial charge in [-0.15, -0.1) is 0 Å². The van der Waals surface area contributed by atoms with Crippen LogP contribution in [-0.2, 0) is 20.0 Å². The number of aliphatic hydroxyl groups is 1. The summed E-state index contributed by atoms with van der Waals surface area (Å²) >= 11 is 6.31. The van der Waals surface area contributed by atoms with Crippen molar-refractivity contribution >= 4 is 11.6 Å². The number of nitrogens with zero attached hydrogens (tertiary/aromatic N) is 2. The van der Waals surface area contributed by atoms with E-state index in [0.29, 0.717) is 12.0 Å². The smallest absolute Gasteiger partial charge is 0.0863 e. The van der Waals surface area contributed by atoms with Crippen molar-refractivity contribution in [3.8, 4) is 0 Å². The zero-order chi connectivity index (χ0) is 13.1. The molecule has 0 spiro atoms. The normalized spacial score (nSPS) is 23.8. The molecule has 1 heterocycles. The lowest BCUT2D eigenvalue weighted by atomic mass is 10.1. The minimum absolute atomic E-state index is 0.275. The van der Waals surface area contributed by atoms with Gasteiger partial charge in [-0.25, -0.2) is 0 Å². The highest BCUT2D eigenvalue weighted by Gasteiger charge is 2.26. The highest BCUT2D eigenvalue weighted by atomic mass is 35.5. The molecule has 2 N–H and O–H groups in total. The van der Waals surface area contributed by atoms with Crippen molar-refractivity contribution in [1.82, 2.24) is 15.1 Å². The third-order valence-corrected chi connectivity index (χ3v) is 4.36. The number of aromatic nitrogens is 2. The third kappa shape index (κ3) is 2.71. The van der Waals surface area contributed by atoms with E-state index in [9.17, 15) is 5.11 Å². The topological polar surface area (TPSA) is 50.1 Å². The second-order valence-electron chi connectivity index (χ2n) is 5.05. The maximum absolute atomic E-state index is 9.30. The van der Waals surface area contributed by atoms with E-state index in [2.05, 4.69) is 17.3 Å². The van der Waals surface area contributed by atoms with E-state index in [1.54, 1.807) is 0 Å². The summed E-state index contributed by atoms with van der Waals surface area (Å²) < 4.78 is 1.86. The maximum atomic E-state index is 9.30. The molecule has 2 rings (SSSR count). The fourth-order valence-corrected chi connectivity index (χ4v) is 3.12. The van der Waals surface area contributed by atoms with Gasteiger partial charge in [-0.1, -0.05) is 24.9 Å². The number of rotatable bonds is 5. The van der Waals surface area contributed by atoms with Gasteiger partial charge in [0.1, 0.15) is 0 Å². The number of halogens is 1. The molecule has 0 bridgehead atoms.